The van der Waals surface area contributed by atoms with Gasteiger partial charge in [-0.05, 0) is 67.7 Å². The molecule has 0 radical (unpaired) electrons. The Morgan fingerprint density at radius 3 is 2.45 bits per heavy atom. The lowest BCUT2D eigenvalue weighted by molar-refractivity contribution is -0.139. The smallest absolute Gasteiger partial charge is 0.321 e. The van der Waals surface area contributed by atoms with Crippen LogP contribution < -0.4 is 4.74 Å². The van der Waals surface area contributed by atoms with Gasteiger partial charge in [-0.25, -0.2) is 9.97 Å². The second-order valence-corrected chi connectivity index (χ2v) is 12.6. The van der Waals surface area contributed by atoms with Gasteiger partial charge in [-0.3, -0.25) is 19.1 Å². The zero-order valence-corrected chi connectivity index (χ0v) is 25.0. The van der Waals surface area contributed by atoms with Crippen molar-refractivity contribution in [2.24, 2.45) is 5.41 Å². The average molecular weight is 572 g/mol. The number of Topliss-reactive ketones (excluding diaryl/α,β-unsaturated/α-hetero) is 2. The van der Waals surface area contributed by atoms with Crippen molar-refractivity contribution >= 4 is 28.4 Å². The first-order valence-corrected chi connectivity index (χ1v) is 15.6. The van der Waals surface area contributed by atoms with Gasteiger partial charge in [0.15, 0.2) is 11.6 Å². The summed E-state index contributed by atoms with van der Waals surface area (Å²) in [4.78, 5) is 50.3. The molecule has 9 heteroatoms. The molecule has 1 aliphatic carbocycles. The van der Waals surface area contributed by atoms with E-state index in [0.717, 1.165) is 61.6 Å². The Balaban J connectivity index is 1.40. The first kappa shape index (κ1) is 28.5. The fourth-order valence-corrected chi connectivity index (χ4v) is 7.29. The quantitative estimate of drug-likeness (QED) is 0.338. The number of benzene rings is 1. The monoisotopic (exact) mass is 571 g/mol. The predicted molar refractivity (Wildman–Crippen MR) is 159 cm³/mol. The first-order valence-electron chi connectivity index (χ1n) is 15.6. The zero-order chi connectivity index (χ0) is 29.4. The van der Waals surface area contributed by atoms with Gasteiger partial charge in [0, 0.05) is 37.2 Å². The molecule has 42 heavy (non-hydrogen) atoms. The van der Waals surface area contributed by atoms with Crippen LogP contribution in [-0.2, 0) is 22.6 Å². The van der Waals surface area contributed by atoms with Crippen LogP contribution in [0.1, 0.15) is 106 Å². The summed E-state index contributed by atoms with van der Waals surface area (Å²) in [6.07, 6.45) is 15.5. The number of carbonyl (C=O) groups is 3. The minimum absolute atomic E-state index is 0.00185. The Bertz CT molecular complexity index is 1510. The number of hydrogen-bond acceptors (Lipinski definition) is 7. The van der Waals surface area contributed by atoms with Crippen LogP contribution in [0.4, 0.5) is 0 Å². The van der Waals surface area contributed by atoms with E-state index in [4.69, 9.17) is 9.84 Å². The Kier molecular flexibility index (Phi) is 7.85. The molecule has 3 atom stereocenters. The van der Waals surface area contributed by atoms with Gasteiger partial charge in [0.05, 0.1) is 11.6 Å². The average Bonchev–Trinajstić information content (AvgIpc) is 3.38. The minimum atomic E-state index is -0.358. The predicted octanol–water partition coefficient (Wildman–Crippen LogP) is 6.15. The third-order valence-electron chi connectivity index (χ3n) is 9.53. The molecule has 222 valence electrons. The first-order chi connectivity index (χ1) is 20.3. The molecule has 9 nitrogen and oxygen atoms in total. The summed E-state index contributed by atoms with van der Waals surface area (Å²) in [6, 6.07) is 3.78. The lowest BCUT2D eigenvalue weighted by Gasteiger charge is -2.26. The van der Waals surface area contributed by atoms with Crippen molar-refractivity contribution in [1.29, 1.82) is 0 Å². The molecule has 0 N–H and O–H groups in total. The van der Waals surface area contributed by atoms with E-state index >= 15 is 0 Å². The van der Waals surface area contributed by atoms with E-state index in [1.165, 1.54) is 32.6 Å². The summed E-state index contributed by atoms with van der Waals surface area (Å²) in [5.74, 6) is 0.412. The van der Waals surface area contributed by atoms with Crippen LogP contribution in [0.3, 0.4) is 0 Å². The normalized spacial score (nSPS) is 24.7. The number of ketones is 2. The Morgan fingerprint density at radius 1 is 1.02 bits per heavy atom. The summed E-state index contributed by atoms with van der Waals surface area (Å²) in [5, 5.41) is 5.37. The van der Waals surface area contributed by atoms with Gasteiger partial charge in [0.1, 0.15) is 18.0 Å². The standard InChI is InChI=1S/C33H41N5O4/c1-4-27(40)26-16-33-13-11-9-7-5-6-8-10-12-23-14-24(42-32-34-18-21(2)19-35-32)15-25-30(22(3)39)36-37(31(23)25)20-29(41)38(26)28(33)17-33/h14-15,18-19,26,28H,4-13,16-17,20H2,1-3H3/t26-,28+,33-/m0/s1. The zero-order valence-electron chi connectivity index (χ0n) is 25.0. The molecule has 3 aliphatic rings. The fraction of sp³-hybridized carbons (Fsp3) is 0.576. The lowest BCUT2D eigenvalue weighted by Crippen LogP contribution is -2.44. The molecule has 1 saturated carbocycles. The number of hydrogen-bond donors (Lipinski definition) is 0. The van der Waals surface area contributed by atoms with Crippen LogP contribution in [0.15, 0.2) is 24.5 Å². The van der Waals surface area contributed by atoms with Crippen LogP contribution in [0.5, 0.6) is 11.8 Å². The molecular weight excluding hydrogens is 530 g/mol. The van der Waals surface area contributed by atoms with Crippen LogP contribution in [0, 0.1) is 12.3 Å². The van der Waals surface area contributed by atoms with E-state index in [0.29, 0.717) is 23.3 Å². The van der Waals surface area contributed by atoms with E-state index in [2.05, 4.69) is 9.97 Å². The minimum Gasteiger partial charge on any atom is -0.424 e. The maximum atomic E-state index is 14.0. The molecule has 1 amide bonds. The Morgan fingerprint density at radius 2 is 1.74 bits per heavy atom. The van der Waals surface area contributed by atoms with Gasteiger partial charge in [-0.1, -0.05) is 45.4 Å². The number of nitrogens with zero attached hydrogens (tertiary/aromatic N) is 5. The molecule has 0 spiro atoms. The highest BCUT2D eigenvalue weighted by molar-refractivity contribution is 6.06. The van der Waals surface area contributed by atoms with Crippen molar-refractivity contribution < 1.29 is 19.1 Å². The van der Waals surface area contributed by atoms with Crippen molar-refractivity contribution in [3.8, 4) is 11.8 Å². The van der Waals surface area contributed by atoms with Gasteiger partial charge >= 0.3 is 6.01 Å². The van der Waals surface area contributed by atoms with Crippen LogP contribution >= 0.6 is 0 Å². The second-order valence-electron chi connectivity index (χ2n) is 12.6. The van der Waals surface area contributed by atoms with Gasteiger partial charge in [0.2, 0.25) is 5.91 Å². The van der Waals surface area contributed by atoms with Crippen LogP contribution in [0.25, 0.3) is 10.9 Å². The summed E-state index contributed by atoms with van der Waals surface area (Å²) >= 11 is 0. The van der Waals surface area contributed by atoms with Crippen molar-refractivity contribution in [2.45, 2.75) is 116 Å². The van der Waals surface area contributed by atoms with Gasteiger partial charge in [-0.2, -0.15) is 5.10 Å². The molecule has 2 aromatic heterocycles. The van der Waals surface area contributed by atoms with E-state index < -0.39 is 0 Å². The molecular formula is C33H41N5O4. The van der Waals surface area contributed by atoms with Crippen molar-refractivity contribution in [3.05, 3.63) is 41.3 Å². The maximum absolute atomic E-state index is 14.0. The molecule has 1 aromatic carbocycles. The summed E-state index contributed by atoms with van der Waals surface area (Å²) < 4.78 is 7.75. The van der Waals surface area contributed by atoms with E-state index in [1.807, 2.05) is 24.8 Å². The topological polar surface area (TPSA) is 107 Å². The molecule has 3 aromatic rings. The van der Waals surface area contributed by atoms with Gasteiger partial charge < -0.3 is 9.64 Å². The van der Waals surface area contributed by atoms with E-state index in [1.54, 1.807) is 23.1 Å². The number of piperidine rings is 1. The fourth-order valence-electron chi connectivity index (χ4n) is 7.29. The van der Waals surface area contributed by atoms with Crippen molar-refractivity contribution in [2.75, 3.05) is 0 Å². The van der Waals surface area contributed by atoms with Gasteiger partial charge in [0.25, 0.3) is 0 Å². The highest BCUT2D eigenvalue weighted by atomic mass is 16.5. The lowest BCUT2D eigenvalue weighted by atomic mass is 9.91. The highest BCUT2D eigenvalue weighted by Crippen LogP contribution is 2.62. The third kappa shape index (κ3) is 5.45. The SMILES string of the molecule is CCC(=O)[C@@H]1C[C@]23CCCCCCCCCc4cc(Oc5ncc(C)cn5)cc5c(C(C)=O)nn(c45)CC(=O)N1[C@@H]2C3. The second kappa shape index (κ2) is 11.6. The Labute approximate surface area is 247 Å². The summed E-state index contributed by atoms with van der Waals surface area (Å²) in [7, 11) is 0. The molecule has 2 aliphatic heterocycles. The maximum Gasteiger partial charge on any atom is 0.321 e. The molecule has 1 saturated heterocycles. The van der Waals surface area contributed by atoms with Crippen LogP contribution in [0.2, 0.25) is 0 Å². The van der Waals surface area contributed by atoms with E-state index in [9.17, 15) is 14.4 Å². The number of carbonyl (C=O) groups excluding carboxylic acids is 3. The van der Waals surface area contributed by atoms with Gasteiger partial charge in [-0.15, -0.1) is 0 Å². The van der Waals surface area contributed by atoms with Crippen molar-refractivity contribution in [1.82, 2.24) is 24.6 Å². The summed E-state index contributed by atoms with van der Waals surface area (Å²) in [6.45, 7) is 5.29. The number of aromatic nitrogens is 4. The molecule has 6 rings (SSSR count). The number of rotatable bonds is 5. The summed E-state index contributed by atoms with van der Waals surface area (Å²) in [5.41, 5.74) is 3.10. The third-order valence-corrected chi connectivity index (χ3v) is 9.53. The molecule has 0 unspecified atom stereocenters. The van der Waals surface area contributed by atoms with Crippen LogP contribution in [-0.4, -0.2) is 54.2 Å². The molecule has 4 heterocycles. The van der Waals surface area contributed by atoms with E-state index in [-0.39, 0.29) is 47.5 Å². The number of ether oxygens (including phenoxy) is 1. The highest BCUT2D eigenvalue weighted by Gasteiger charge is 2.66. The molecule has 2 fully saturated rings. The van der Waals surface area contributed by atoms with Crippen molar-refractivity contribution in [3.63, 3.8) is 0 Å². The number of aryl methyl sites for hydroxylation is 2. The Hall–Kier alpha value is -3.62. The number of amides is 1. The largest absolute Gasteiger partial charge is 0.424 e. The molecule has 2 bridgehead atoms.